The Kier molecular flexibility index (Phi) is 3.72. The van der Waals surface area contributed by atoms with E-state index in [1.807, 2.05) is 10.5 Å². The van der Waals surface area contributed by atoms with E-state index in [1.165, 1.54) is 13.3 Å². The molecule has 8 heteroatoms. The van der Waals surface area contributed by atoms with Crippen molar-refractivity contribution in [3.8, 4) is 5.75 Å². The standard InChI is InChI=1S/C17H17N5O3/c1-25-14-8-19-15(20-16(14)23)13-3-2-6-22(13)17(24)11-4-5-12-7-18-10-21(12)9-11/h4-5,7-10,13H,2-3,6H2,1H3,(H,19,20,23). The van der Waals surface area contributed by atoms with Crippen LogP contribution in [0.25, 0.3) is 5.52 Å². The Balaban J connectivity index is 1.65. The molecule has 0 bridgehead atoms. The first-order chi connectivity index (χ1) is 12.2. The molecule has 3 aromatic heterocycles. The summed E-state index contributed by atoms with van der Waals surface area (Å²) in [6, 6.07) is 3.40. The number of nitrogens with one attached hydrogen (secondary N) is 1. The van der Waals surface area contributed by atoms with Crippen molar-refractivity contribution in [2.45, 2.75) is 18.9 Å². The van der Waals surface area contributed by atoms with Crippen molar-refractivity contribution in [1.82, 2.24) is 24.3 Å². The molecule has 0 aromatic carbocycles. The van der Waals surface area contributed by atoms with Gasteiger partial charge in [-0.1, -0.05) is 0 Å². The van der Waals surface area contributed by atoms with Gasteiger partial charge in [0, 0.05) is 12.7 Å². The van der Waals surface area contributed by atoms with Crippen LogP contribution in [0.15, 0.2) is 41.8 Å². The number of nitrogens with zero attached hydrogens (tertiary/aromatic N) is 4. The summed E-state index contributed by atoms with van der Waals surface area (Å²) in [5, 5.41) is 0. The number of H-pyrrole nitrogens is 1. The molecule has 1 aliphatic rings. The monoisotopic (exact) mass is 339 g/mol. The third-order valence-electron chi connectivity index (χ3n) is 4.49. The largest absolute Gasteiger partial charge is 0.490 e. The van der Waals surface area contributed by atoms with Gasteiger partial charge in [-0.15, -0.1) is 0 Å². The summed E-state index contributed by atoms with van der Waals surface area (Å²) >= 11 is 0. The molecule has 8 nitrogen and oxygen atoms in total. The van der Waals surface area contributed by atoms with E-state index in [-0.39, 0.29) is 23.3 Å². The number of hydrogen-bond acceptors (Lipinski definition) is 5. The summed E-state index contributed by atoms with van der Waals surface area (Å²) in [5.74, 6) is 0.558. The van der Waals surface area contributed by atoms with Gasteiger partial charge in [0.25, 0.3) is 11.5 Å². The number of carbonyl (C=O) groups excluding carboxylic acids is 1. The zero-order valence-corrected chi connectivity index (χ0v) is 13.7. The second-order valence-electron chi connectivity index (χ2n) is 5.97. The maximum atomic E-state index is 13.0. The summed E-state index contributed by atoms with van der Waals surface area (Å²) in [4.78, 5) is 37.7. The molecule has 0 spiro atoms. The molecule has 1 fully saturated rings. The zero-order valence-electron chi connectivity index (χ0n) is 13.7. The molecule has 25 heavy (non-hydrogen) atoms. The molecule has 0 aliphatic carbocycles. The van der Waals surface area contributed by atoms with Gasteiger partial charge in [-0.05, 0) is 25.0 Å². The van der Waals surface area contributed by atoms with Crippen LogP contribution in [-0.2, 0) is 0 Å². The first kappa shape index (κ1) is 15.4. The van der Waals surface area contributed by atoms with Gasteiger partial charge in [0.15, 0.2) is 0 Å². The Morgan fingerprint density at radius 1 is 1.36 bits per heavy atom. The minimum absolute atomic E-state index is 0.0865. The van der Waals surface area contributed by atoms with Crippen LogP contribution in [0.4, 0.5) is 0 Å². The number of likely N-dealkylation sites (tertiary alicyclic amines) is 1. The second-order valence-corrected chi connectivity index (χ2v) is 5.97. The van der Waals surface area contributed by atoms with E-state index in [2.05, 4.69) is 15.0 Å². The van der Waals surface area contributed by atoms with Gasteiger partial charge >= 0.3 is 0 Å². The maximum Gasteiger partial charge on any atom is 0.293 e. The fourth-order valence-electron chi connectivity index (χ4n) is 3.22. The van der Waals surface area contributed by atoms with Gasteiger partial charge in [0.1, 0.15) is 5.82 Å². The van der Waals surface area contributed by atoms with Gasteiger partial charge in [0.05, 0.1) is 43.0 Å². The van der Waals surface area contributed by atoms with Gasteiger partial charge in [-0.25, -0.2) is 9.97 Å². The maximum absolute atomic E-state index is 13.0. The van der Waals surface area contributed by atoms with Gasteiger partial charge in [0.2, 0.25) is 5.75 Å². The highest BCUT2D eigenvalue weighted by Gasteiger charge is 2.32. The normalized spacial score (nSPS) is 17.2. The summed E-state index contributed by atoms with van der Waals surface area (Å²) in [6.07, 6.45) is 8.18. The van der Waals surface area contributed by atoms with Crippen molar-refractivity contribution < 1.29 is 9.53 Å². The van der Waals surface area contributed by atoms with Crippen molar-refractivity contribution in [2.24, 2.45) is 0 Å². The van der Waals surface area contributed by atoms with Gasteiger partial charge in [-0.2, -0.15) is 0 Å². The van der Waals surface area contributed by atoms with E-state index in [4.69, 9.17) is 4.74 Å². The predicted octanol–water partition coefficient (Wildman–Crippen LogP) is 1.40. The number of aromatic amines is 1. The van der Waals surface area contributed by atoms with Crippen molar-refractivity contribution in [2.75, 3.05) is 13.7 Å². The van der Waals surface area contributed by atoms with Crippen LogP contribution < -0.4 is 10.3 Å². The molecule has 4 heterocycles. The van der Waals surface area contributed by atoms with E-state index < -0.39 is 0 Å². The number of methoxy groups -OCH3 is 1. The van der Waals surface area contributed by atoms with Crippen LogP contribution in [-0.4, -0.2) is 43.8 Å². The van der Waals surface area contributed by atoms with E-state index in [0.29, 0.717) is 17.9 Å². The Labute approximate surface area is 143 Å². The number of rotatable bonds is 3. The number of aromatic nitrogens is 4. The number of hydrogen-bond donors (Lipinski definition) is 1. The first-order valence-electron chi connectivity index (χ1n) is 8.03. The molecular formula is C17H17N5O3. The molecule has 1 saturated heterocycles. The first-order valence-corrected chi connectivity index (χ1v) is 8.03. The Hall–Kier alpha value is -3.16. The van der Waals surface area contributed by atoms with E-state index in [0.717, 1.165) is 18.4 Å². The van der Waals surface area contributed by atoms with Crippen molar-refractivity contribution in [3.63, 3.8) is 0 Å². The molecule has 1 amide bonds. The highest BCUT2D eigenvalue weighted by atomic mass is 16.5. The summed E-state index contributed by atoms with van der Waals surface area (Å²) in [5.41, 5.74) is 1.16. The number of imidazole rings is 1. The molecule has 0 radical (unpaired) electrons. The SMILES string of the molecule is COc1cnc(C2CCCN2C(=O)c2ccc3cncn3c2)[nH]c1=O. The Morgan fingerprint density at radius 3 is 3.04 bits per heavy atom. The minimum atomic E-state index is -0.341. The van der Waals surface area contributed by atoms with Crippen molar-refractivity contribution in [3.05, 3.63) is 58.8 Å². The fraction of sp³-hybridized carbons (Fsp3) is 0.294. The summed E-state index contributed by atoms with van der Waals surface area (Å²) in [7, 11) is 1.42. The summed E-state index contributed by atoms with van der Waals surface area (Å²) < 4.78 is 6.76. The van der Waals surface area contributed by atoms with Crippen LogP contribution in [0.1, 0.15) is 35.1 Å². The number of amides is 1. The average molecular weight is 339 g/mol. The van der Waals surface area contributed by atoms with E-state index in [1.54, 1.807) is 29.7 Å². The second kappa shape index (κ2) is 6.04. The number of pyridine rings is 1. The molecule has 4 rings (SSSR count). The third-order valence-corrected chi connectivity index (χ3v) is 4.49. The molecule has 128 valence electrons. The van der Waals surface area contributed by atoms with Crippen LogP contribution >= 0.6 is 0 Å². The zero-order chi connectivity index (χ0) is 17.4. The molecular weight excluding hydrogens is 322 g/mol. The lowest BCUT2D eigenvalue weighted by molar-refractivity contribution is 0.0729. The van der Waals surface area contributed by atoms with Crippen LogP contribution in [0, 0.1) is 0 Å². The predicted molar refractivity (Wildman–Crippen MR) is 89.6 cm³/mol. The van der Waals surface area contributed by atoms with Gasteiger partial charge in [-0.3, -0.25) is 9.59 Å². The third kappa shape index (κ3) is 2.65. The smallest absolute Gasteiger partial charge is 0.293 e. The molecule has 0 saturated carbocycles. The molecule has 1 atom stereocenters. The van der Waals surface area contributed by atoms with Crippen LogP contribution in [0.2, 0.25) is 0 Å². The Bertz CT molecular complexity index is 993. The van der Waals surface area contributed by atoms with Crippen LogP contribution in [0.3, 0.4) is 0 Å². The van der Waals surface area contributed by atoms with Crippen molar-refractivity contribution in [1.29, 1.82) is 0 Å². The molecule has 3 aromatic rings. The van der Waals surface area contributed by atoms with Crippen LogP contribution in [0.5, 0.6) is 5.75 Å². The number of fused-ring (bicyclic) bond motifs is 1. The quantitative estimate of drug-likeness (QED) is 0.779. The number of carbonyl (C=O) groups is 1. The number of ether oxygens (including phenoxy) is 1. The lowest BCUT2D eigenvalue weighted by Gasteiger charge is -2.24. The Morgan fingerprint density at radius 2 is 2.24 bits per heavy atom. The van der Waals surface area contributed by atoms with E-state index >= 15 is 0 Å². The van der Waals surface area contributed by atoms with Gasteiger partial charge < -0.3 is 19.0 Å². The molecule has 1 unspecified atom stereocenters. The molecule has 1 aliphatic heterocycles. The highest BCUT2D eigenvalue weighted by Crippen LogP contribution is 2.31. The summed E-state index contributed by atoms with van der Waals surface area (Å²) in [6.45, 7) is 0.626. The molecule has 1 N–H and O–H groups in total. The fourth-order valence-corrected chi connectivity index (χ4v) is 3.22. The topological polar surface area (TPSA) is 92.6 Å². The average Bonchev–Trinajstić information content (AvgIpc) is 3.29. The lowest BCUT2D eigenvalue weighted by Crippen LogP contribution is -2.32. The van der Waals surface area contributed by atoms with E-state index in [9.17, 15) is 9.59 Å². The lowest BCUT2D eigenvalue weighted by atomic mass is 10.2. The highest BCUT2D eigenvalue weighted by molar-refractivity contribution is 5.94. The van der Waals surface area contributed by atoms with Crippen molar-refractivity contribution >= 4 is 11.4 Å². The minimum Gasteiger partial charge on any atom is -0.490 e.